The molecular weight excluding hydrogens is 388 g/mol. The lowest BCUT2D eigenvalue weighted by Crippen LogP contribution is -2.51. The summed E-state index contributed by atoms with van der Waals surface area (Å²) in [6, 6.07) is 7.98. The van der Waals surface area contributed by atoms with E-state index in [1.54, 1.807) is 0 Å². The predicted molar refractivity (Wildman–Crippen MR) is 115 cm³/mol. The summed E-state index contributed by atoms with van der Waals surface area (Å²) in [6.07, 6.45) is 6.01. The monoisotopic (exact) mass is 422 g/mol. The van der Waals surface area contributed by atoms with E-state index >= 15 is 0 Å². The minimum Gasteiger partial charge on any atom is -0.494 e. The third-order valence-electron chi connectivity index (χ3n) is 5.95. The zero-order chi connectivity index (χ0) is 20.9. The van der Waals surface area contributed by atoms with Crippen LogP contribution >= 0.6 is 0 Å². The summed E-state index contributed by atoms with van der Waals surface area (Å²) in [7, 11) is -1.07. The third-order valence-corrected chi connectivity index (χ3v) is 7.70. The molecule has 1 aromatic carbocycles. The second-order valence-electron chi connectivity index (χ2n) is 8.40. The van der Waals surface area contributed by atoms with Gasteiger partial charge < -0.3 is 9.64 Å². The molecule has 1 heterocycles. The number of carbonyl (C=O) groups is 1. The summed E-state index contributed by atoms with van der Waals surface area (Å²) < 4.78 is 29.5. The fraction of sp³-hybridized carbons (Fsp3) is 0.682. The van der Waals surface area contributed by atoms with E-state index in [0.29, 0.717) is 26.1 Å². The van der Waals surface area contributed by atoms with E-state index in [9.17, 15) is 13.2 Å². The van der Waals surface area contributed by atoms with Gasteiger partial charge in [-0.3, -0.25) is 9.69 Å². The van der Waals surface area contributed by atoms with Gasteiger partial charge in [-0.1, -0.05) is 31.4 Å². The fourth-order valence-corrected chi connectivity index (χ4v) is 6.31. The summed E-state index contributed by atoms with van der Waals surface area (Å²) in [5, 5.41) is 0. The topological polar surface area (TPSA) is 66.9 Å². The second-order valence-corrected chi connectivity index (χ2v) is 10.6. The molecule has 2 aliphatic rings. The van der Waals surface area contributed by atoms with E-state index in [4.69, 9.17) is 4.74 Å². The molecule has 6 nitrogen and oxygen atoms in total. The van der Waals surface area contributed by atoms with Crippen LogP contribution in [-0.4, -0.2) is 67.9 Å². The quantitative estimate of drug-likeness (QED) is 0.644. The molecule has 0 radical (unpaired) electrons. The van der Waals surface area contributed by atoms with Gasteiger partial charge in [-0.05, 0) is 50.9 Å². The van der Waals surface area contributed by atoms with Crippen molar-refractivity contribution in [3.05, 3.63) is 29.8 Å². The standard InChI is InChI=1S/C22H34N2O4S/c1-3-28-21-11-9-18(10-12-21)15-23(2)16-22(25)24(19-7-5-4-6-8-19)20-13-14-29(26,27)17-20/h9-12,19-20H,3-8,13-17H2,1-2H3. The molecule has 1 aromatic rings. The lowest BCUT2D eigenvalue weighted by molar-refractivity contribution is -0.137. The first-order valence-corrected chi connectivity index (χ1v) is 12.6. The smallest absolute Gasteiger partial charge is 0.237 e. The summed E-state index contributed by atoms with van der Waals surface area (Å²) >= 11 is 0. The average molecular weight is 423 g/mol. The van der Waals surface area contributed by atoms with Crippen LogP contribution in [0.15, 0.2) is 24.3 Å². The maximum atomic E-state index is 13.2. The van der Waals surface area contributed by atoms with E-state index in [0.717, 1.165) is 37.0 Å². The molecule has 0 N–H and O–H groups in total. The van der Waals surface area contributed by atoms with Crippen molar-refractivity contribution in [1.82, 2.24) is 9.80 Å². The molecule has 3 rings (SSSR count). The number of benzene rings is 1. The van der Waals surface area contributed by atoms with E-state index in [1.165, 1.54) is 6.42 Å². The maximum Gasteiger partial charge on any atom is 0.237 e. The molecular formula is C22H34N2O4S. The number of hydrogen-bond donors (Lipinski definition) is 0. The first kappa shape index (κ1) is 22.1. The van der Waals surface area contributed by atoms with Crippen LogP contribution in [0.4, 0.5) is 0 Å². The third kappa shape index (κ3) is 6.19. The molecule has 0 bridgehead atoms. The van der Waals surface area contributed by atoms with E-state index in [-0.39, 0.29) is 29.5 Å². The van der Waals surface area contributed by atoms with Crippen molar-refractivity contribution in [3.63, 3.8) is 0 Å². The lowest BCUT2D eigenvalue weighted by Gasteiger charge is -2.39. The van der Waals surface area contributed by atoms with Crippen LogP contribution in [-0.2, 0) is 21.2 Å². The second kappa shape index (κ2) is 9.94. The van der Waals surface area contributed by atoms with Crippen LogP contribution in [0.2, 0.25) is 0 Å². The van der Waals surface area contributed by atoms with Crippen molar-refractivity contribution < 1.29 is 17.9 Å². The van der Waals surface area contributed by atoms with Crippen molar-refractivity contribution in [2.45, 2.75) is 64.1 Å². The Morgan fingerprint density at radius 1 is 1.07 bits per heavy atom. The van der Waals surface area contributed by atoms with Crippen molar-refractivity contribution in [3.8, 4) is 5.75 Å². The van der Waals surface area contributed by atoms with Gasteiger partial charge in [-0.15, -0.1) is 0 Å². The molecule has 1 aliphatic carbocycles. The molecule has 7 heteroatoms. The number of nitrogens with zero attached hydrogens (tertiary/aromatic N) is 2. The van der Waals surface area contributed by atoms with Gasteiger partial charge in [0.2, 0.25) is 5.91 Å². The van der Waals surface area contributed by atoms with E-state index < -0.39 is 9.84 Å². The Bertz CT molecular complexity index is 773. The van der Waals surface area contributed by atoms with Gasteiger partial charge in [-0.25, -0.2) is 8.42 Å². The number of amides is 1. The summed E-state index contributed by atoms with van der Waals surface area (Å²) in [5.74, 6) is 1.24. The maximum absolute atomic E-state index is 13.2. The number of carbonyl (C=O) groups excluding carboxylic acids is 1. The molecule has 162 valence electrons. The molecule has 0 spiro atoms. The molecule has 1 atom stereocenters. The molecule has 2 fully saturated rings. The van der Waals surface area contributed by atoms with Gasteiger partial charge in [0.15, 0.2) is 9.84 Å². The minimum absolute atomic E-state index is 0.0624. The van der Waals surface area contributed by atoms with Crippen molar-refractivity contribution in [1.29, 1.82) is 0 Å². The zero-order valence-corrected chi connectivity index (χ0v) is 18.5. The van der Waals surface area contributed by atoms with Crippen molar-refractivity contribution >= 4 is 15.7 Å². The van der Waals surface area contributed by atoms with Crippen LogP contribution in [0.1, 0.15) is 51.0 Å². The molecule has 0 aromatic heterocycles. The van der Waals surface area contributed by atoms with Gasteiger partial charge in [0.05, 0.1) is 24.7 Å². The highest BCUT2D eigenvalue weighted by Crippen LogP contribution is 2.28. The fourth-order valence-electron chi connectivity index (χ4n) is 4.60. The summed E-state index contributed by atoms with van der Waals surface area (Å²) in [4.78, 5) is 17.2. The number of sulfone groups is 1. The van der Waals surface area contributed by atoms with Gasteiger partial charge in [-0.2, -0.15) is 0 Å². The molecule has 1 amide bonds. The zero-order valence-electron chi connectivity index (χ0n) is 17.7. The van der Waals surface area contributed by atoms with Crippen molar-refractivity contribution in [2.24, 2.45) is 0 Å². The van der Waals surface area contributed by atoms with Crippen LogP contribution in [0.3, 0.4) is 0 Å². The largest absolute Gasteiger partial charge is 0.494 e. The Balaban J connectivity index is 1.63. The highest BCUT2D eigenvalue weighted by Gasteiger charge is 2.38. The Kier molecular flexibility index (Phi) is 7.57. The predicted octanol–water partition coefficient (Wildman–Crippen LogP) is 2.87. The van der Waals surface area contributed by atoms with Crippen molar-refractivity contribution in [2.75, 3.05) is 31.7 Å². The van der Waals surface area contributed by atoms with Crippen LogP contribution in [0.25, 0.3) is 0 Å². The van der Waals surface area contributed by atoms with Gasteiger partial charge in [0.1, 0.15) is 5.75 Å². The Hall–Kier alpha value is -1.60. The van der Waals surface area contributed by atoms with Gasteiger partial charge >= 0.3 is 0 Å². The number of hydrogen-bond acceptors (Lipinski definition) is 5. The first-order chi connectivity index (χ1) is 13.9. The molecule has 1 aliphatic heterocycles. The van der Waals surface area contributed by atoms with Gasteiger partial charge in [0.25, 0.3) is 0 Å². The number of ether oxygens (including phenoxy) is 1. The van der Waals surface area contributed by atoms with Gasteiger partial charge in [0, 0.05) is 18.6 Å². The van der Waals surface area contributed by atoms with Crippen LogP contribution in [0.5, 0.6) is 5.75 Å². The number of likely N-dealkylation sites (N-methyl/N-ethyl adjacent to an activating group) is 1. The number of rotatable bonds is 8. The SMILES string of the molecule is CCOc1ccc(CN(C)CC(=O)N(C2CCCCC2)C2CCS(=O)(=O)C2)cc1. The van der Waals surface area contributed by atoms with E-state index in [1.807, 2.05) is 48.0 Å². The average Bonchev–Trinajstić information content (AvgIpc) is 3.04. The molecule has 1 saturated carbocycles. The Morgan fingerprint density at radius 3 is 2.34 bits per heavy atom. The molecule has 29 heavy (non-hydrogen) atoms. The lowest BCUT2D eigenvalue weighted by atomic mass is 9.93. The Labute approximate surface area is 175 Å². The first-order valence-electron chi connectivity index (χ1n) is 10.8. The Morgan fingerprint density at radius 2 is 1.76 bits per heavy atom. The highest BCUT2D eigenvalue weighted by molar-refractivity contribution is 7.91. The summed E-state index contributed by atoms with van der Waals surface area (Å²) in [6.45, 7) is 3.57. The van der Waals surface area contributed by atoms with Crippen LogP contribution in [0, 0.1) is 0 Å². The van der Waals surface area contributed by atoms with Crippen LogP contribution < -0.4 is 4.74 Å². The normalized spacial score (nSPS) is 22.0. The molecule has 1 unspecified atom stereocenters. The minimum atomic E-state index is -3.02. The molecule has 1 saturated heterocycles. The summed E-state index contributed by atoms with van der Waals surface area (Å²) in [5.41, 5.74) is 1.12. The van der Waals surface area contributed by atoms with E-state index in [2.05, 4.69) is 0 Å². The highest BCUT2D eigenvalue weighted by atomic mass is 32.2.